The highest BCUT2D eigenvalue weighted by atomic mass is 32.1. The summed E-state index contributed by atoms with van der Waals surface area (Å²) in [6.45, 7) is 1.67. The zero-order chi connectivity index (χ0) is 30.1. The number of phenolic OH excluding ortho intramolecular Hbond substituents is 2. The van der Waals surface area contributed by atoms with Crippen LogP contribution in [0.3, 0.4) is 0 Å². The predicted molar refractivity (Wildman–Crippen MR) is 161 cm³/mol. The van der Waals surface area contributed by atoms with E-state index >= 15 is 0 Å². The minimum absolute atomic E-state index is 0.0673. The van der Waals surface area contributed by atoms with Gasteiger partial charge in [-0.05, 0) is 66.6 Å². The number of hydrogen-bond donors (Lipinski definition) is 2. The smallest absolute Gasteiger partial charge is 0.296 e. The molecule has 5 rings (SSSR count). The van der Waals surface area contributed by atoms with Gasteiger partial charge in [0, 0.05) is 7.05 Å². The molecular formula is C31H27N3O7S. The summed E-state index contributed by atoms with van der Waals surface area (Å²) in [6, 6.07) is 18.1. The first-order valence-electron chi connectivity index (χ1n) is 12.7. The van der Waals surface area contributed by atoms with Crippen LogP contribution in [0.5, 0.6) is 23.0 Å². The molecule has 5 aromatic rings. The summed E-state index contributed by atoms with van der Waals surface area (Å²) >= 11 is 0.949. The number of rotatable bonds is 6. The molecule has 0 radical (unpaired) electrons. The van der Waals surface area contributed by atoms with Crippen LogP contribution in [0, 0.1) is 6.92 Å². The molecule has 10 nitrogen and oxygen atoms in total. The van der Waals surface area contributed by atoms with Gasteiger partial charge < -0.3 is 19.7 Å². The Morgan fingerprint density at radius 2 is 1.24 bits per heavy atom. The van der Waals surface area contributed by atoms with Gasteiger partial charge in [-0.2, -0.15) is 0 Å². The lowest BCUT2D eigenvalue weighted by molar-refractivity contribution is 0.373. The van der Waals surface area contributed by atoms with E-state index in [0.717, 1.165) is 15.9 Å². The van der Waals surface area contributed by atoms with E-state index < -0.39 is 16.7 Å². The Morgan fingerprint density at radius 3 is 1.71 bits per heavy atom. The molecule has 0 amide bonds. The van der Waals surface area contributed by atoms with Gasteiger partial charge in [0.25, 0.3) is 16.7 Å². The largest absolute Gasteiger partial charge is 0.504 e. The summed E-state index contributed by atoms with van der Waals surface area (Å²) < 4.78 is 14.6. The van der Waals surface area contributed by atoms with Gasteiger partial charge in [-0.1, -0.05) is 30.3 Å². The number of aromatic nitrogens is 3. The number of aromatic hydroxyl groups is 2. The van der Waals surface area contributed by atoms with E-state index in [2.05, 4.69) is 0 Å². The van der Waals surface area contributed by atoms with Crippen LogP contribution in [0.15, 0.2) is 81.1 Å². The molecule has 0 aliphatic rings. The highest BCUT2D eigenvalue weighted by Gasteiger charge is 2.21. The van der Waals surface area contributed by atoms with Crippen molar-refractivity contribution in [3.8, 4) is 34.4 Å². The average Bonchev–Trinajstić information content (AvgIpc) is 3.21. The van der Waals surface area contributed by atoms with Crippen molar-refractivity contribution in [1.82, 2.24) is 13.9 Å². The van der Waals surface area contributed by atoms with Gasteiger partial charge in [-0.15, -0.1) is 11.3 Å². The van der Waals surface area contributed by atoms with Crippen molar-refractivity contribution in [2.24, 2.45) is 7.05 Å². The molecule has 3 aromatic carbocycles. The van der Waals surface area contributed by atoms with E-state index in [0.29, 0.717) is 22.5 Å². The molecule has 0 atom stereocenters. The second kappa shape index (κ2) is 11.3. The summed E-state index contributed by atoms with van der Waals surface area (Å²) in [6.07, 6.45) is 3.13. The minimum atomic E-state index is -0.677. The van der Waals surface area contributed by atoms with Crippen molar-refractivity contribution in [2.75, 3.05) is 14.2 Å². The molecular weight excluding hydrogens is 558 g/mol. The Bertz CT molecular complexity index is 2030. The lowest BCUT2D eigenvalue weighted by Gasteiger charge is -2.07. The van der Waals surface area contributed by atoms with Crippen LogP contribution in [0.4, 0.5) is 0 Å². The number of ether oxygens (including phenoxy) is 2. The van der Waals surface area contributed by atoms with E-state index in [1.807, 2.05) is 6.07 Å². The van der Waals surface area contributed by atoms with Crippen molar-refractivity contribution in [3.05, 3.63) is 124 Å². The Morgan fingerprint density at radius 1 is 0.738 bits per heavy atom. The molecule has 0 saturated heterocycles. The topological polar surface area (TPSA) is 125 Å². The lowest BCUT2D eigenvalue weighted by Crippen LogP contribution is -2.48. The second-order valence-corrected chi connectivity index (χ2v) is 10.4. The van der Waals surface area contributed by atoms with Crippen LogP contribution in [-0.4, -0.2) is 38.4 Å². The molecule has 0 unspecified atom stereocenters. The third-order valence-corrected chi connectivity index (χ3v) is 7.82. The molecule has 0 saturated carbocycles. The SMILES string of the molecule is COc1cc(C=c2sc(=Cc3ccc(O)c(OC)c3)c(=O)n(-c3c(C)n(C)n(-c4ccccc4)c3=O)c2=O)ccc1O. The highest BCUT2D eigenvalue weighted by molar-refractivity contribution is 7.07. The quantitative estimate of drug-likeness (QED) is 0.313. The molecule has 214 valence electrons. The second-order valence-electron chi connectivity index (χ2n) is 9.34. The molecule has 0 fully saturated rings. The van der Waals surface area contributed by atoms with Gasteiger partial charge in [0.2, 0.25) is 0 Å². The number of phenols is 2. The normalized spacial score (nSPS) is 12.1. The maximum absolute atomic E-state index is 14.0. The Balaban J connectivity index is 1.88. The molecule has 0 aliphatic carbocycles. The number of methoxy groups -OCH3 is 2. The van der Waals surface area contributed by atoms with Crippen LogP contribution in [0.2, 0.25) is 0 Å². The van der Waals surface area contributed by atoms with E-state index in [1.54, 1.807) is 79.3 Å². The van der Waals surface area contributed by atoms with E-state index in [-0.39, 0.29) is 37.8 Å². The third kappa shape index (κ3) is 5.01. The van der Waals surface area contributed by atoms with Crippen molar-refractivity contribution in [3.63, 3.8) is 0 Å². The molecule has 0 bridgehead atoms. The monoisotopic (exact) mass is 585 g/mol. The molecule has 0 spiro atoms. The van der Waals surface area contributed by atoms with E-state index in [4.69, 9.17) is 9.47 Å². The Kier molecular flexibility index (Phi) is 7.60. The molecule has 2 heterocycles. The van der Waals surface area contributed by atoms with Gasteiger partial charge in [0.1, 0.15) is 5.69 Å². The lowest BCUT2D eigenvalue weighted by atomic mass is 10.2. The maximum atomic E-state index is 14.0. The van der Waals surface area contributed by atoms with Gasteiger partial charge in [0.05, 0.1) is 34.7 Å². The van der Waals surface area contributed by atoms with E-state index in [9.17, 15) is 24.6 Å². The first kappa shape index (κ1) is 28.2. The molecule has 0 aliphatic heterocycles. The summed E-state index contributed by atoms with van der Waals surface area (Å²) in [5.74, 6) is 0.286. The van der Waals surface area contributed by atoms with Crippen molar-refractivity contribution < 1.29 is 19.7 Å². The summed E-state index contributed by atoms with van der Waals surface area (Å²) in [4.78, 5) is 41.8. The minimum Gasteiger partial charge on any atom is -0.504 e. The fourth-order valence-corrected chi connectivity index (χ4v) is 5.57. The molecule has 2 N–H and O–H groups in total. The zero-order valence-electron chi connectivity index (χ0n) is 23.2. The zero-order valence-corrected chi connectivity index (χ0v) is 24.0. The van der Waals surface area contributed by atoms with Gasteiger partial charge in [-0.3, -0.25) is 19.1 Å². The number of hydrogen-bond acceptors (Lipinski definition) is 8. The van der Waals surface area contributed by atoms with Gasteiger partial charge in [-0.25, -0.2) is 9.25 Å². The Hall–Kier alpha value is -5.29. The van der Waals surface area contributed by atoms with Crippen LogP contribution >= 0.6 is 11.3 Å². The van der Waals surface area contributed by atoms with Gasteiger partial charge >= 0.3 is 0 Å². The summed E-state index contributed by atoms with van der Waals surface area (Å²) in [5.41, 5.74) is 0.0928. The molecule has 42 heavy (non-hydrogen) atoms. The van der Waals surface area contributed by atoms with Crippen molar-refractivity contribution >= 4 is 23.5 Å². The fraction of sp³-hybridized carbons (Fsp3) is 0.129. The van der Waals surface area contributed by atoms with Crippen LogP contribution in [0.25, 0.3) is 23.5 Å². The highest BCUT2D eigenvalue weighted by Crippen LogP contribution is 2.27. The van der Waals surface area contributed by atoms with Crippen LogP contribution in [-0.2, 0) is 7.05 Å². The average molecular weight is 586 g/mol. The van der Waals surface area contributed by atoms with Crippen LogP contribution in [0.1, 0.15) is 16.8 Å². The molecule has 2 aromatic heterocycles. The number of para-hydroxylation sites is 1. The first-order valence-corrected chi connectivity index (χ1v) is 13.5. The van der Waals surface area contributed by atoms with Gasteiger partial charge in [0.15, 0.2) is 23.0 Å². The Labute approximate surface area is 243 Å². The van der Waals surface area contributed by atoms with Crippen molar-refractivity contribution in [2.45, 2.75) is 6.92 Å². The maximum Gasteiger partial charge on any atom is 0.296 e. The fourth-order valence-electron chi connectivity index (χ4n) is 4.59. The number of nitrogens with zero attached hydrogens (tertiary/aromatic N) is 3. The summed E-state index contributed by atoms with van der Waals surface area (Å²) in [7, 11) is 4.50. The third-order valence-electron chi connectivity index (χ3n) is 6.80. The van der Waals surface area contributed by atoms with E-state index in [1.165, 1.54) is 31.0 Å². The predicted octanol–water partition coefficient (Wildman–Crippen LogP) is 2.14. The first-order chi connectivity index (χ1) is 20.1. The molecule has 11 heteroatoms. The van der Waals surface area contributed by atoms with Crippen molar-refractivity contribution in [1.29, 1.82) is 0 Å². The van der Waals surface area contributed by atoms with Crippen LogP contribution < -0.4 is 35.2 Å². The number of benzene rings is 3. The standard InChI is InChI=1S/C31H27N3O7S/c1-18-28(31(39)34(32(18)2)21-8-6-5-7-9-21)33-29(37)26(16-19-10-12-22(35)24(14-19)40-3)42-27(30(33)38)17-20-11-13-23(36)25(15-20)41-4/h5-17,35-36H,1-4H3. The summed E-state index contributed by atoms with van der Waals surface area (Å²) in [5, 5.41) is 20.0.